The van der Waals surface area contributed by atoms with Crippen molar-refractivity contribution in [1.82, 2.24) is 9.66 Å². The average Bonchev–Trinajstić information content (AvgIpc) is 2.64. The third-order valence-electron chi connectivity index (χ3n) is 2.42. The van der Waals surface area contributed by atoms with E-state index in [1.54, 1.807) is 31.3 Å². The maximum Gasteiger partial charge on any atom is 0.337 e. The fraction of sp³-hybridized carbons (Fsp3) is 0.0833. The molecule has 0 aliphatic rings. The van der Waals surface area contributed by atoms with Crippen LogP contribution in [0.25, 0.3) is 0 Å². The number of aromatic carboxylic acids is 1. The number of carboxylic acid groups (broad SMARTS) is 1. The number of nitrogens with zero attached hydrogens (tertiary/aromatic N) is 3. The van der Waals surface area contributed by atoms with E-state index in [1.165, 1.54) is 10.9 Å². The Bertz CT molecular complexity index is 664. The number of aromatic nitrogens is 2. The van der Waals surface area contributed by atoms with Crippen molar-refractivity contribution in [3.05, 3.63) is 45.7 Å². The summed E-state index contributed by atoms with van der Waals surface area (Å²) < 4.78 is 1.89. The van der Waals surface area contributed by atoms with Crippen LogP contribution >= 0.6 is 15.9 Å². The van der Waals surface area contributed by atoms with Crippen molar-refractivity contribution in [3.8, 4) is 0 Å². The highest BCUT2D eigenvalue weighted by Crippen LogP contribution is 2.19. The monoisotopic (exact) mass is 322 g/mol. The van der Waals surface area contributed by atoms with Gasteiger partial charge in [0.05, 0.1) is 23.7 Å². The van der Waals surface area contributed by atoms with Crippen LogP contribution in [0.15, 0.2) is 34.0 Å². The van der Waals surface area contributed by atoms with Crippen molar-refractivity contribution < 1.29 is 9.90 Å². The molecule has 2 rings (SSSR count). The number of imidazole rings is 1. The summed E-state index contributed by atoms with van der Waals surface area (Å²) in [4.78, 5) is 15.2. The number of rotatable bonds is 3. The Morgan fingerprint density at radius 3 is 2.89 bits per heavy atom. The number of anilines is 1. The number of aryl methyl sites for hydroxylation is 1. The number of hydrogen-bond acceptors (Lipinski definition) is 4. The molecule has 1 heterocycles. The minimum absolute atomic E-state index is 0.154. The Morgan fingerprint density at radius 1 is 1.58 bits per heavy atom. The molecule has 2 aromatic rings. The number of carboxylic acids is 1. The van der Waals surface area contributed by atoms with Gasteiger partial charge in [0, 0.05) is 10.0 Å². The summed E-state index contributed by atoms with van der Waals surface area (Å²) in [5.74, 6) is -0.774. The smallest absolute Gasteiger partial charge is 0.337 e. The molecule has 0 amide bonds. The third-order valence-corrected chi connectivity index (χ3v) is 3.08. The molecule has 0 aliphatic heterocycles. The highest BCUT2D eigenvalue weighted by Gasteiger charge is 2.12. The molecule has 0 unspecified atom stereocenters. The van der Waals surface area contributed by atoms with Gasteiger partial charge in [-0.2, -0.15) is 5.10 Å². The van der Waals surface area contributed by atoms with Crippen LogP contribution in [0, 0.1) is 6.92 Å². The number of hydrogen-bond donors (Lipinski definition) is 2. The maximum atomic E-state index is 11.2. The molecule has 7 heteroatoms. The predicted molar refractivity (Wildman–Crippen MR) is 75.5 cm³/mol. The Morgan fingerprint density at radius 2 is 2.32 bits per heavy atom. The van der Waals surface area contributed by atoms with Gasteiger partial charge >= 0.3 is 5.97 Å². The molecular formula is C12H11BrN4O2. The molecule has 3 N–H and O–H groups in total. The zero-order chi connectivity index (χ0) is 14.0. The first-order valence-corrected chi connectivity index (χ1v) is 6.16. The minimum Gasteiger partial charge on any atom is -0.478 e. The first-order valence-electron chi connectivity index (χ1n) is 5.36. The topological polar surface area (TPSA) is 93.5 Å². The number of halogens is 1. The molecule has 0 bridgehead atoms. The van der Waals surface area contributed by atoms with Crippen LogP contribution in [-0.4, -0.2) is 27.0 Å². The number of benzene rings is 1. The second kappa shape index (κ2) is 5.23. The van der Waals surface area contributed by atoms with E-state index < -0.39 is 5.97 Å². The number of nitrogen functional groups attached to an aromatic ring is 1. The van der Waals surface area contributed by atoms with Crippen molar-refractivity contribution in [3.63, 3.8) is 0 Å². The van der Waals surface area contributed by atoms with Gasteiger partial charge in [0.1, 0.15) is 0 Å². The van der Waals surface area contributed by atoms with Crippen molar-refractivity contribution >= 4 is 34.1 Å². The van der Waals surface area contributed by atoms with Gasteiger partial charge in [-0.25, -0.2) is 14.5 Å². The first kappa shape index (κ1) is 13.3. The van der Waals surface area contributed by atoms with Crippen LogP contribution in [0.2, 0.25) is 0 Å². The van der Waals surface area contributed by atoms with Gasteiger partial charge in [-0.3, -0.25) is 0 Å². The van der Waals surface area contributed by atoms with Crippen molar-refractivity contribution in [2.45, 2.75) is 6.92 Å². The molecular weight excluding hydrogens is 312 g/mol. The second-order valence-electron chi connectivity index (χ2n) is 3.84. The molecule has 1 aromatic heterocycles. The van der Waals surface area contributed by atoms with Gasteiger partial charge in [0.25, 0.3) is 0 Å². The Hall–Kier alpha value is -2.15. The van der Waals surface area contributed by atoms with Crippen LogP contribution in [0.3, 0.4) is 0 Å². The van der Waals surface area contributed by atoms with E-state index in [0.29, 0.717) is 10.0 Å². The Kier molecular flexibility index (Phi) is 3.66. The van der Waals surface area contributed by atoms with Gasteiger partial charge < -0.3 is 10.8 Å². The molecule has 0 atom stereocenters. The molecule has 0 saturated heterocycles. The van der Waals surface area contributed by atoms with Crippen LogP contribution in [-0.2, 0) is 0 Å². The van der Waals surface area contributed by atoms with Crippen molar-refractivity contribution in [1.29, 1.82) is 0 Å². The van der Waals surface area contributed by atoms with Crippen LogP contribution in [0.4, 0.5) is 5.95 Å². The van der Waals surface area contributed by atoms with Gasteiger partial charge in [-0.05, 0) is 28.9 Å². The molecule has 0 aliphatic carbocycles. The molecule has 0 saturated carbocycles. The minimum atomic E-state index is -1.02. The van der Waals surface area contributed by atoms with Crippen molar-refractivity contribution in [2.24, 2.45) is 5.10 Å². The highest BCUT2D eigenvalue weighted by atomic mass is 79.9. The van der Waals surface area contributed by atoms with E-state index in [2.05, 4.69) is 26.0 Å². The molecule has 19 heavy (non-hydrogen) atoms. The Balaban J connectivity index is 2.41. The summed E-state index contributed by atoms with van der Waals surface area (Å²) in [5, 5.41) is 13.3. The van der Waals surface area contributed by atoms with Crippen LogP contribution < -0.4 is 5.73 Å². The van der Waals surface area contributed by atoms with E-state index in [1.807, 2.05) is 0 Å². The average molecular weight is 323 g/mol. The largest absolute Gasteiger partial charge is 0.478 e. The van der Waals surface area contributed by atoms with Crippen LogP contribution in [0.1, 0.15) is 21.6 Å². The lowest BCUT2D eigenvalue weighted by molar-refractivity contribution is 0.0696. The number of nitrogens with two attached hydrogens (primary N) is 1. The van der Waals surface area contributed by atoms with Crippen molar-refractivity contribution in [2.75, 3.05) is 5.73 Å². The molecule has 1 aromatic carbocycles. The summed E-state index contributed by atoms with van der Waals surface area (Å²) in [6, 6.07) is 5.06. The van der Waals surface area contributed by atoms with Gasteiger partial charge in [-0.1, -0.05) is 12.1 Å². The van der Waals surface area contributed by atoms with Gasteiger partial charge in [0.2, 0.25) is 5.95 Å². The van der Waals surface area contributed by atoms with Gasteiger partial charge in [-0.15, -0.1) is 0 Å². The summed E-state index contributed by atoms with van der Waals surface area (Å²) >= 11 is 3.21. The number of carbonyl (C=O) groups is 1. The van der Waals surface area contributed by atoms with E-state index in [-0.39, 0.29) is 11.5 Å². The molecule has 0 fully saturated rings. The maximum absolute atomic E-state index is 11.2. The van der Waals surface area contributed by atoms with E-state index in [0.717, 1.165) is 5.69 Å². The van der Waals surface area contributed by atoms with Crippen LogP contribution in [0.5, 0.6) is 0 Å². The zero-order valence-corrected chi connectivity index (χ0v) is 11.6. The lowest BCUT2D eigenvalue weighted by atomic mass is 10.1. The Labute approximate surface area is 117 Å². The molecule has 6 nitrogen and oxygen atoms in total. The zero-order valence-electron chi connectivity index (χ0n) is 10.0. The standard InChI is InChI=1S/C12H11BrN4O2/c1-7-6-17(12(14)16-7)15-5-8-3-2-4-9(13)10(8)11(18)19/h2-6H,1H3,(H2,14,16)(H,18,19). The van der Waals surface area contributed by atoms with E-state index >= 15 is 0 Å². The van der Waals surface area contributed by atoms with E-state index in [9.17, 15) is 4.79 Å². The summed E-state index contributed by atoms with van der Waals surface area (Å²) in [5.41, 5.74) is 7.02. The summed E-state index contributed by atoms with van der Waals surface area (Å²) in [6.45, 7) is 1.80. The van der Waals surface area contributed by atoms with E-state index in [4.69, 9.17) is 10.8 Å². The lowest BCUT2D eigenvalue weighted by Gasteiger charge is -2.03. The predicted octanol–water partition coefficient (Wildman–Crippen LogP) is 2.12. The third kappa shape index (κ3) is 2.82. The highest BCUT2D eigenvalue weighted by molar-refractivity contribution is 9.10. The molecule has 0 radical (unpaired) electrons. The lowest BCUT2D eigenvalue weighted by Crippen LogP contribution is -2.04. The first-order chi connectivity index (χ1) is 8.99. The summed E-state index contributed by atoms with van der Waals surface area (Å²) in [6.07, 6.45) is 3.09. The fourth-order valence-electron chi connectivity index (χ4n) is 1.59. The summed E-state index contributed by atoms with van der Waals surface area (Å²) in [7, 11) is 0. The molecule has 98 valence electrons. The van der Waals surface area contributed by atoms with Gasteiger partial charge in [0.15, 0.2) is 0 Å². The second-order valence-corrected chi connectivity index (χ2v) is 4.69. The SMILES string of the molecule is Cc1cn(N=Cc2cccc(Br)c2C(=O)O)c(N)n1. The molecule has 0 spiro atoms. The quantitative estimate of drug-likeness (QED) is 0.846. The fourth-order valence-corrected chi connectivity index (χ4v) is 2.15. The normalized spacial score (nSPS) is 11.1.